The van der Waals surface area contributed by atoms with E-state index in [0.717, 1.165) is 0 Å². The summed E-state index contributed by atoms with van der Waals surface area (Å²) >= 11 is 0. The van der Waals surface area contributed by atoms with Crippen molar-refractivity contribution in [3.63, 3.8) is 0 Å². The van der Waals surface area contributed by atoms with Gasteiger partial charge in [-0.15, -0.1) is 0 Å². The highest BCUT2D eigenvalue weighted by molar-refractivity contribution is 5.54. The Bertz CT molecular complexity index is 517. The highest BCUT2D eigenvalue weighted by atomic mass is 19.4. The van der Waals surface area contributed by atoms with Gasteiger partial charge in [-0.2, -0.15) is 18.4 Å². The van der Waals surface area contributed by atoms with Crippen LogP contribution in [0.5, 0.6) is 0 Å². The van der Waals surface area contributed by atoms with Crippen molar-refractivity contribution < 1.29 is 13.2 Å². The first-order valence-electron chi connectivity index (χ1n) is 6.19. The maximum Gasteiger partial charge on any atom is 0.392 e. The second-order valence-electron chi connectivity index (χ2n) is 4.61. The fourth-order valence-corrected chi connectivity index (χ4v) is 2.33. The molecule has 1 unspecified atom stereocenters. The Morgan fingerprint density at radius 3 is 2.84 bits per heavy atom. The van der Waals surface area contributed by atoms with Crippen LogP contribution >= 0.6 is 0 Å². The molecule has 1 aromatic heterocycles. The van der Waals surface area contributed by atoms with Crippen LogP contribution in [0.25, 0.3) is 0 Å². The van der Waals surface area contributed by atoms with Crippen molar-refractivity contribution in [2.24, 2.45) is 5.92 Å². The summed E-state index contributed by atoms with van der Waals surface area (Å²) in [5, 5.41) is 12.0. The molecule has 0 saturated carbocycles. The second-order valence-corrected chi connectivity index (χ2v) is 4.61. The molecule has 102 valence electrons. The van der Waals surface area contributed by atoms with Crippen molar-refractivity contribution in [3.8, 4) is 6.07 Å². The molecule has 1 aliphatic carbocycles. The smallest absolute Gasteiger partial charge is 0.369 e. The van der Waals surface area contributed by atoms with Crippen LogP contribution in [0.4, 0.5) is 19.0 Å². The van der Waals surface area contributed by atoms with Gasteiger partial charge in [-0.1, -0.05) is 0 Å². The Labute approximate surface area is 109 Å². The maximum absolute atomic E-state index is 12.7. The SMILES string of the molecule is CCNc1nc2c(cc1C#N)CC(C(F)(F)F)CC2. The molecule has 0 bridgehead atoms. The molecule has 2 rings (SSSR count). The number of fused-ring (bicyclic) bond motifs is 1. The minimum atomic E-state index is -4.18. The highest BCUT2D eigenvalue weighted by Crippen LogP contribution is 2.37. The van der Waals surface area contributed by atoms with Gasteiger partial charge in [0.15, 0.2) is 0 Å². The standard InChI is InChI=1S/C13H14F3N3/c1-2-18-12-9(7-17)5-8-6-10(13(14,15)16)3-4-11(8)19-12/h5,10H,2-4,6H2,1H3,(H,18,19). The zero-order valence-electron chi connectivity index (χ0n) is 10.5. The Kier molecular flexibility index (Phi) is 3.65. The summed E-state index contributed by atoms with van der Waals surface area (Å²) < 4.78 is 38.2. The zero-order valence-corrected chi connectivity index (χ0v) is 10.5. The Hall–Kier alpha value is -1.77. The number of hydrogen-bond donors (Lipinski definition) is 1. The Morgan fingerprint density at radius 2 is 2.26 bits per heavy atom. The predicted molar refractivity (Wildman–Crippen MR) is 64.7 cm³/mol. The van der Waals surface area contributed by atoms with Gasteiger partial charge in [0.25, 0.3) is 0 Å². The summed E-state index contributed by atoms with van der Waals surface area (Å²) in [7, 11) is 0. The lowest BCUT2D eigenvalue weighted by Crippen LogP contribution is -2.29. The van der Waals surface area contributed by atoms with Crippen LogP contribution in [0.1, 0.15) is 30.2 Å². The van der Waals surface area contributed by atoms with Crippen LogP contribution < -0.4 is 5.32 Å². The van der Waals surface area contributed by atoms with Crippen LogP contribution in [0, 0.1) is 17.2 Å². The molecular formula is C13H14F3N3. The number of alkyl halides is 3. The lowest BCUT2D eigenvalue weighted by Gasteiger charge is -2.26. The van der Waals surface area contributed by atoms with Crippen LogP contribution in [0.15, 0.2) is 6.07 Å². The molecular weight excluding hydrogens is 255 g/mol. The summed E-state index contributed by atoms with van der Waals surface area (Å²) in [6.45, 7) is 2.49. The first kappa shape index (κ1) is 13.7. The molecule has 1 heterocycles. The van der Waals surface area contributed by atoms with Crippen LogP contribution in [0.2, 0.25) is 0 Å². The van der Waals surface area contributed by atoms with E-state index in [-0.39, 0.29) is 12.8 Å². The third kappa shape index (κ3) is 2.80. The highest BCUT2D eigenvalue weighted by Gasteiger charge is 2.41. The normalized spacial score (nSPS) is 18.6. The number of rotatable bonds is 2. The summed E-state index contributed by atoms with van der Waals surface area (Å²) in [5.41, 5.74) is 1.53. The summed E-state index contributed by atoms with van der Waals surface area (Å²) in [6.07, 6.45) is -3.87. The number of halogens is 3. The van der Waals surface area contributed by atoms with Crippen LogP contribution in [-0.4, -0.2) is 17.7 Å². The fraction of sp³-hybridized carbons (Fsp3) is 0.538. The van der Waals surface area contributed by atoms with Gasteiger partial charge in [-0.25, -0.2) is 4.98 Å². The van der Waals surface area contributed by atoms with Crippen molar-refractivity contribution in [3.05, 3.63) is 22.9 Å². The first-order valence-corrected chi connectivity index (χ1v) is 6.19. The van der Waals surface area contributed by atoms with Gasteiger partial charge in [0, 0.05) is 12.2 Å². The molecule has 0 aliphatic heterocycles. The third-order valence-corrected chi connectivity index (χ3v) is 3.31. The molecule has 3 nitrogen and oxygen atoms in total. The molecule has 1 N–H and O–H groups in total. The van der Waals surface area contributed by atoms with Crippen LogP contribution in [-0.2, 0) is 12.8 Å². The molecule has 19 heavy (non-hydrogen) atoms. The van der Waals surface area contributed by atoms with Gasteiger partial charge in [0.05, 0.1) is 11.5 Å². The molecule has 1 aromatic rings. The van der Waals surface area contributed by atoms with Crippen molar-refractivity contribution in [2.75, 3.05) is 11.9 Å². The number of pyridine rings is 1. The molecule has 0 amide bonds. The fourth-order valence-electron chi connectivity index (χ4n) is 2.33. The van der Waals surface area contributed by atoms with E-state index in [2.05, 4.69) is 10.3 Å². The number of nitrogens with one attached hydrogen (secondary N) is 1. The molecule has 1 aliphatic rings. The largest absolute Gasteiger partial charge is 0.392 e. The number of aromatic nitrogens is 1. The Balaban J connectivity index is 2.34. The first-order chi connectivity index (χ1) is 8.95. The van der Waals surface area contributed by atoms with Gasteiger partial charge < -0.3 is 5.32 Å². The average molecular weight is 269 g/mol. The van der Waals surface area contributed by atoms with E-state index < -0.39 is 12.1 Å². The Morgan fingerprint density at radius 1 is 1.53 bits per heavy atom. The summed E-state index contributed by atoms with van der Waals surface area (Å²) in [6, 6.07) is 3.52. The molecule has 0 saturated heterocycles. The monoisotopic (exact) mass is 269 g/mol. The number of anilines is 1. The topological polar surface area (TPSA) is 48.7 Å². The molecule has 0 radical (unpaired) electrons. The summed E-state index contributed by atoms with van der Waals surface area (Å²) in [4.78, 5) is 4.29. The van der Waals surface area contributed by atoms with E-state index in [4.69, 9.17) is 5.26 Å². The zero-order chi connectivity index (χ0) is 14.0. The van der Waals surface area contributed by atoms with E-state index in [9.17, 15) is 13.2 Å². The lowest BCUT2D eigenvalue weighted by molar-refractivity contribution is -0.177. The number of nitriles is 1. The lowest BCUT2D eigenvalue weighted by atomic mass is 9.85. The summed E-state index contributed by atoms with van der Waals surface area (Å²) in [5.74, 6) is -0.854. The van der Waals surface area contributed by atoms with E-state index in [1.807, 2.05) is 13.0 Å². The average Bonchev–Trinajstić information content (AvgIpc) is 2.36. The molecule has 1 atom stereocenters. The van der Waals surface area contributed by atoms with Crippen molar-refractivity contribution in [1.29, 1.82) is 5.26 Å². The number of aryl methyl sites for hydroxylation is 1. The van der Waals surface area contributed by atoms with Gasteiger partial charge >= 0.3 is 6.18 Å². The molecule has 0 spiro atoms. The predicted octanol–water partition coefficient (Wildman–Crippen LogP) is 3.05. The minimum Gasteiger partial charge on any atom is -0.369 e. The molecule has 0 fully saturated rings. The van der Waals surface area contributed by atoms with E-state index in [1.54, 1.807) is 0 Å². The van der Waals surface area contributed by atoms with E-state index >= 15 is 0 Å². The van der Waals surface area contributed by atoms with E-state index in [0.29, 0.717) is 35.6 Å². The van der Waals surface area contributed by atoms with Gasteiger partial charge in [-0.05, 0) is 37.8 Å². The quantitative estimate of drug-likeness (QED) is 0.897. The maximum atomic E-state index is 12.7. The number of nitrogens with zero attached hydrogens (tertiary/aromatic N) is 2. The minimum absolute atomic E-state index is 0.0704. The third-order valence-electron chi connectivity index (χ3n) is 3.31. The van der Waals surface area contributed by atoms with Crippen molar-refractivity contribution in [2.45, 2.75) is 32.4 Å². The second kappa shape index (κ2) is 5.08. The molecule has 6 heteroatoms. The molecule has 0 aromatic carbocycles. The van der Waals surface area contributed by atoms with Gasteiger partial charge in [0.2, 0.25) is 0 Å². The van der Waals surface area contributed by atoms with Crippen molar-refractivity contribution in [1.82, 2.24) is 4.98 Å². The van der Waals surface area contributed by atoms with Gasteiger partial charge in [-0.3, -0.25) is 0 Å². The number of hydrogen-bond acceptors (Lipinski definition) is 3. The van der Waals surface area contributed by atoms with Crippen LogP contribution in [0.3, 0.4) is 0 Å². The van der Waals surface area contributed by atoms with Gasteiger partial charge in [0.1, 0.15) is 11.9 Å². The van der Waals surface area contributed by atoms with Crippen molar-refractivity contribution >= 4 is 5.82 Å². The van der Waals surface area contributed by atoms with E-state index in [1.165, 1.54) is 6.07 Å².